The van der Waals surface area contributed by atoms with Crippen LogP contribution in [0.1, 0.15) is 5.69 Å². The van der Waals surface area contributed by atoms with Gasteiger partial charge in [-0.15, -0.1) is 0 Å². The maximum atomic E-state index is 5.01. The molecule has 0 saturated carbocycles. The fourth-order valence-electron chi connectivity index (χ4n) is 3.58. The lowest BCUT2D eigenvalue weighted by molar-refractivity contribution is 0.928. The number of benzene rings is 2. The van der Waals surface area contributed by atoms with Crippen LogP contribution < -0.4 is 0 Å². The van der Waals surface area contributed by atoms with Crippen molar-refractivity contribution in [3.05, 3.63) is 97.0 Å². The zero-order valence-electron chi connectivity index (χ0n) is 15.4. The van der Waals surface area contributed by atoms with Crippen molar-refractivity contribution in [2.45, 2.75) is 6.92 Å². The second-order valence-corrected chi connectivity index (χ2v) is 6.71. The minimum Gasteiger partial charge on any atom is -0.265 e. The number of hydrogen-bond acceptors (Lipinski definition) is 3. The van der Waals surface area contributed by atoms with Crippen molar-refractivity contribution in [3.63, 3.8) is 0 Å². The van der Waals surface area contributed by atoms with E-state index in [4.69, 9.17) is 10.1 Å². The molecule has 3 aromatic heterocycles. The number of nitrogens with zero attached hydrogens (tertiary/aromatic N) is 4. The highest BCUT2D eigenvalue weighted by atomic mass is 15.3. The number of fused-ring (bicyclic) bond motifs is 1. The summed E-state index contributed by atoms with van der Waals surface area (Å²) < 4.78 is 1.95. The van der Waals surface area contributed by atoms with Gasteiger partial charge in [0.05, 0.1) is 17.1 Å². The van der Waals surface area contributed by atoms with E-state index < -0.39 is 0 Å². The molecule has 0 radical (unpaired) electrons. The number of aromatic nitrogens is 4. The van der Waals surface area contributed by atoms with Crippen LogP contribution >= 0.6 is 0 Å². The first-order valence-electron chi connectivity index (χ1n) is 9.23. The molecule has 0 aliphatic heterocycles. The van der Waals surface area contributed by atoms with Crippen molar-refractivity contribution in [2.24, 2.45) is 0 Å². The second-order valence-electron chi connectivity index (χ2n) is 6.71. The van der Waals surface area contributed by atoms with Gasteiger partial charge >= 0.3 is 0 Å². The summed E-state index contributed by atoms with van der Waals surface area (Å²) in [7, 11) is 0. The molecule has 0 saturated heterocycles. The molecular weight excluding hydrogens is 344 g/mol. The Morgan fingerprint density at radius 2 is 1.36 bits per heavy atom. The largest absolute Gasteiger partial charge is 0.265 e. The van der Waals surface area contributed by atoms with Gasteiger partial charge in [-0.1, -0.05) is 60.7 Å². The van der Waals surface area contributed by atoms with E-state index >= 15 is 0 Å². The third-order valence-electron chi connectivity index (χ3n) is 4.79. The molecule has 0 spiro atoms. The first kappa shape index (κ1) is 16.4. The lowest BCUT2D eigenvalue weighted by atomic mass is 9.95. The number of pyridine rings is 1. The minimum absolute atomic E-state index is 0.841. The van der Waals surface area contributed by atoms with Gasteiger partial charge in [-0.05, 0) is 24.6 Å². The molecule has 5 aromatic rings. The van der Waals surface area contributed by atoms with Gasteiger partial charge in [0.1, 0.15) is 0 Å². The fourth-order valence-corrected chi connectivity index (χ4v) is 3.58. The van der Waals surface area contributed by atoms with Crippen LogP contribution in [0.2, 0.25) is 0 Å². The number of aryl methyl sites for hydroxylation is 1. The normalized spacial score (nSPS) is 11.0. The Kier molecular flexibility index (Phi) is 3.95. The zero-order valence-corrected chi connectivity index (χ0v) is 15.4. The van der Waals surface area contributed by atoms with Gasteiger partial charge in [0, 0.05) is 35.2 Å². The molecule has 4 heteroatoms. The predicted octanol–water partition coefficient (Wildman–Crippen LogP) is 5.43. The lowest BCUT2D eigenvalue weighted by Gasteiger charge is -2.17. The van der Waals surface area contributed by atoms with Crippen LogP contribution in [0.5, 0.6) is 0 Å². The summed E-state index contributed by atoms with van der Waals surface area (Å²) in [4.78, 5) is 9.21. The molecular formula is C24H18N4. The average Bonchev–Trinajstić information content (AvgIpc) is 3.14. The van der Waals surface area contributed by atoms with Crippen LogP contribution in [0.4, 0.5) is 0 Å². The Hall–Kier alpha value is -3.79. The number of rotatable bonds is 3. The summed E-state index contributed by atoms with van der Waals surface area (Å²) in [6, 6.07) is 26.7. The second kappa shape index (κ2) is 6.74. The first-order valence-corrected chi connectivity index (χ1v) is 9.23. The van der Waals surface area contributed by atoms with Gasteiger partial charge in [0.2, 0.25) is 0 Å². The Morgan fingerprint density at radius 1 is 0.714 bits per heavy atom. The Labute approximate surface area is 163 Å². The van der Waals surface area contributed by atoms with Crippen molar-refractivity contribution >= 4 is 5.65 Å². The van der Waals surface area contributed by atoms with E-state index in [0.29, 0.717) is 0 Å². The highest BCUT2D eigenvalue weighted by molar-refractivity contribution is 5.92. The van der Waals surface area contributed by atoms with Gasteiger partial charge in [0.15, 0.2) is 5.65 Å². The molecule has 0 bridgehead atoms. The van der Waals surface area contributed by atoms with E-state index in [1.165, 1.54) is 0 Å². The molecule has 2 aromatic carbocycles. The van der Waals surface area contributed by atoms with E-state index in [9.17, 15) is 0 Å². The van der Waals surface area contributed by atoms with Crippen molar-refractivity contribution in [3.8, 4) is 33.6 Å². The topological polar surface area (TPSA) is 43.1 Å². The molecule has 3 heterocycles. The maximum absolute atomic E-state index is 5.01. The van der Waals surface area contributed by atoms with Gasteiger partial charge in [0.25, 0.3) is 0 Å². The van der Waals surface area contributed by atoms with Crippen LogP contribution in [0.3, 0.4) is 0 Å². The van der Waals surface area contributed by atoms with E-state index in [0.717, 1.165) is 45.0 Å². The summed E-state index contributed by atoms with van der Waals surface area (Å²) in [5, 5.41) is 4.75. The van der Waals surface area contributed by atoms with E-state index in [1.807, 2.05) is 66.3 Å². The van der Waals surface area contributed by atoms with Crippen LogP contribution in [-0.2, 0) is 0 Å². The van der Waals surface area contributed by atoms with E-state index in [1.54, 1.807) is 0 Å². The van der Waals surface area contributed by atoms with Crippen LogP contribution in [0, 0.1) is 6.92 Å². The summed E-state index contributed by atoms with van der Waals surface area (Å²) in [6.07, 6.45) is 3.63. The zero-order chi connectivity index (χ0) is 18.9. The highest BCUT2D eigenvalue weighted by Gasteiger charge is 2.20. The monoisotopic (exact) mass is 362 g/mol. The van der Waals surface area contributed by atoms with Crippen molar-refractivity contribution < 1.29 is 0 Å². The lowest BCUT2D eigenvalue weighted by Crippen LogP contribution is -2.03. The molecule has 0 amide bonds. The Bertz CT molecular complexity index is 1240. The standard InChI is InChI=1S/C24H18N4/c1-17-16-21-26-23(19-8-4-2-5-9-19)22(18-12-14-25-15-13-18)24(28(21)27-17)20-10-6-3-7-11-20/h2-16H,1H3. The number of hydrogen-bond donors (Lipinski definition) is 0. The SMILES string of the molecule is Cc1cc2nc(-c3ccccc3)c(-c3ccncc3)c(-c3ccccc3)n2n1. The molecule has 0 aliphatic rings. The van der Waals surface area contributed by atoms with Gasteiger partial charge in [-0.25, -0.2) is 9.50 Å². The van der Waals surface area contributed by atoms with Crippen LogP contribution in [-0.4, -0.2) is 19.6 Å². The van der Waals surface area contributed by atoms with Crippen molar-refractivity contribution in [1.29, 1.82) is 0 Å². The molecule has 0 fully saturated rings. The summed E-state index contributed by atoms with van der Waals surface area (Å²) in [5.41, 5.74) is 8.05. The van der Waals surface area contributed by atoms with Gasteiger partial charge in [-0.3, -0.25) is 4.98 Å². The predicted molar refractivity (Wildman–Crippen MR) is 112 cm³/mol. The molecule has 5 rings (SSSR count). The fraction of sp³-hybridized carbons (Fsp3) is 0.0417. The smallest absolute Gasteiger partial charge is 0.156 e. The van der Waals surface area contributed by atoms with Crippen molar-refractivity contribution in [2.75, 3.05) is 0 Å². The molecule has 0 aliphatic carbocycles. The summed E-state index contributed by atoms with van der Waals surface area (Å²) in [6.45, 7) is 2.00. The third kappa shape index (κ3) is 2.76. The molecule has 134 valence electrons. The van der Waals surface area contributed by atoms with Gasteiger partial charge < -0.3 is 0 Å². The summed E-state index contributed by atoms with van der Waals surface area (Å²) >= 11 is 0. The van der Waals surface area contributed by atoms with Crippen molar-refractivity contribution in [1.82, 2.24) is 19.6 Å². The Balaban J connectivity index is 1.97. The molecule has 0 N–H and O–H groups in total. The van der Waals surface area contributed by atoms with Gasteiger partial charge in [-0.2, -0.15) is 5.10 Å². The van der Waals surface area contributed by atoms with Crippen LogP contribution in [0.25, 0.3) is 39.3 Å². The highest BCUT2D eigenvalue weighted by Crippen LogP contribution is 2.39. The third-order valence-corrected chi connectivity index (χ3v) is 4.79. The maximum Gasteiger partial charge on any atom is 0.156 e. The van der Waals surface area contributed by atoms with E-state index in [-0.39, 0.29) is 0 Å². The Morgan fingerprint density at radius 3 is 2.04 bits per heavy atom. The quantitative estimate of drug-likeness (QED) is 0.429. The molecule has 28 heavy (non-hydrogen) atoms. The average molecular weight is 362 g/mol. The minimum atomic E-state index is 0.841. The van der Waals surface area contributed by atoms with Crippen LogP contribution in [0.15, 0.2) is 91.3 Å². The molecule has 0 atom stereocenters. The molecule has 4 nitrogen and oxygen atoms in total. The first-order chi connectivity index (χ1) is 13.8. The molecule has 0 unspecified atom stereocenters. The van der Waals surface area contributed by atoms with E-state index in [2.05, 4.69) is 41.4 Å². The summed E-state index contributed by atoms with van der Waals surface area (Å²) in [5.74, 6) is 0.